The fourth-order valence-corrected chi connectivity index (χ4v) is 1.34. The molecule has 0 spiro atoms. The summed E-state index contributed by atoms with van der Waals surface area (Å²) in [5.74, 6) is 0.796. The van der Waals surface area contributed by atoms with Crippen LogP contribution in [0, 0.1) is 6.07 Å². The largest absolute Gasteiger partial charge is 0.496 e. The maximum absolute atomic E-state index is 5.11. The summed E-state index contributed by atoms with van der Waals surface area (Å²) in [6.07, 6.45) is 0. The quantitative estimate of drug-likeness (QED) is 0.701. The van der Waals surface area contributed by atoms with Crippen LogP contribution in [0.4, 0.5) is 5.69 Å². The van der Waals surface area contributed by atoms with Gasteiger partial charge in [0.1, 0.15) is 5.75 Å². The van der Waals surface area contributed by atoms with Crippen LogP contribution in [-0.2, 0) is 0 Å². The van der Waals surface area contributed by atoms with E-state index >= 15 is 0 Å². The van der Waals surface area contributed by atoms with E-state index in [0.29, 0.717) is 0 Å². The van der Waals surface area contributed by atoms with Crippen LogP contribution in [0.3, 0.4) is 0 Å². The van der Waals surface area contributed by atoms with Crippen LogP contribution in [0.5, 0.6) is 5.75 Å². The summed E-state index contributed by atoms with van der Waals surface area (Å²) in [5, 5.41) is 0. The molecule has 2 heteroatoms. The van der Waals surface area contributed by atoms with Crippen LogP contribution >= 0.6 is 0 Å². The minimum Gasteiger partial charge on any atom is -0.496 e. The first-order valence-corrected chi connectivity index (χ1v) is 4.62. The van der Waals surface area contributed by atoms with Gasteiger partial charge in [0.15, 0.2) is 0 Å². The van der Waals surface area contributed by atoms with Gasteiger partial charge in [-0.3, -0.25) is 0 Å². The SMILES string of the molecule is CCN(CC)c1cc[c]c(OC)c1. The summed E-state index contributed by atoms with van der Waals surface area (Å²) < 4.78 is 5.11. The zero-order chi connectivity index (χ0) is 9.68. The third kappa shape index (κ3) is 2.38. The molecule has 0 atom stereocenters. The lowest BCUT2D eigenvalue weighted by molar-refractivity contribution is 0.414. The van der Waals surface area contributed by atoms with Gasteiger partial charge in [-0.25, -0.2) is 0 Å². The van der Waals surface area contributed by atoms with Crippen molar-refractivity contribution in [2.24, 2.45) is 0 Å². The van der Waals surface area contributed by atoms with Gasteiger partial charge >= 0.3 is 0 Å². The molecule has 0 heterocycles. The Morgan fingerprint density at radius 2 is 2.08 bits per heavy atom. The summed E-state index contributed by atoms with van der Waals surface area (Å²) >= 11 is 0. The molecule has 71 valence electrons. The van der Waals surface area contributed by atoms with Crippen molar-refractivity contribution in [2.75, 3.05) is 25.1 Å². The monoisotopic (exact) mass is 178 g/mol. The maximum Gasteiger partial charge on any atom is 0.128 e. The van der Waals surface area contributed by atoms with Crippen LogP contribution in [0.25, 0.3) is 0 Å². The van der Waals surface area contributed by atoms with Gasteiger partial charge in [-0.15, -0.1) is 0 Å². The molecule has 13 heavy (non-hydrogen) atoms. The lowest BCUT2D eigenvalue weighted by atomic mass is 10.2. The number of hydrogen-bond acceptors (Lipinski definition) is 2. The van der Waals surface area contributed by atoms with Crippen molar-refractivity contribution in [1.29, 1.82) is 0 Å². The molecular weight excluding hydrogens is 162 g/mol. The van der Waals surface area contributed by atoms with Gasteiger partial charge in [0, 0.05) is 30.9 Å². The number of methoxy groups -OCH3 is 1. The van der Waals surface area contributed by atoms with Gasteiger partial charge in [-0.2, -0.15) is 0 Å². The van der Waals surface area contributed by atoms with Gasteiger partial charge in [-0.1, -0.05) is 0 Å². The molecule has 1 aromatic rings. The second-order valence-electron chi connectivity index (χ2n) is 2.79. The molecule has 0 aliphatic heterocycles. The molecule has 0 unspecified atom stereocenters. The fraction of sp³-hybridized carbons (Fsp3) is 0.455. The molecule has 0 saturated carbocycles. The number of ether oxygens (including phenoxy) is 1. The molecular formula is C11H16NO. The van der Waals surface area contributed by atoms with E-state index in [1.54, 1.807) is 7.11 Å². The van der Waals surface area contributed by atoms with Gasteiger partial charge in [0.2, 0.25) is 0 Å². The van der Waals surface area contributed by atoms with Gasteiger partial charge in [-0.05, 0) is 26.0 Å². The molecule has 1 radical (unpaired) electrons. The lowest BCUT2D eigenvalue weighted by Crippen LogP contribution is -2.21. The van der Waals surface area contributed by atoms with Gasteiger partial charge in [0.25, 0.3) is 0 Å². The summed E-state index contributed by atoms with van der Waals surface area (Å²) in [6, 6.07) is 8.97. The smallest absolute Gasteiger partial charge is 0.128 e. The van der Waals surface area contributed by atoms with Crippen molar-refractivity contribution in [1.82, 2.24) is 0 Å². The van der Waals surface area contributed by atoms with Crippen LogP contribution in [0.1, 0.15) is 13.8 Å². The van der Waals surface area contributed by atoms with Crippen LogP contribution in [0.15, 0.2) is 18.2 Å². The third-order valence-electron chi connectivity index (χ3n) is 2.11. The van der Waals surface area contributed by atoms with Gasteiger partial charge in [0.05, 0.1) is 7.11 Å². The third-order valence-corrected chi connectivity index (χ3v) is 2.11. The van der Waals surface area contributed by atoms with E-state index < -0.39 is 0 Å². The van der Waals surface area contributed by atoms with E-state index in [1.165, 1.54) is 5.69 Å². The number of rotatable bonds is 4. The predicted molar refractivity (Wildman–Crippen MR) is 55.4 cm³/mol. The van der Waals surface area contributed by atoms with E-state index in [-0.39, 0.29) is 0 Å². The van der Waals surface area contributed by atoms with Crippen LogP contribution in [0.2, 0.25) is 0 Å². The highest BCUT2D eigenvalue weighted by Gasteiger charge is 2.01. The second kappa shape index (κ2) is 4.75. The predicted octanol–water partition coefficient (Wildman–Crippen LogP) is 2.34. The van der Waals surface area contributed by atoms with Crippen molar-refractivity contribution in [3.63, 3.8) is 0 Å². The summed E-state index contributed by atoms with van der Waals surface area (Å²) in [4.78, 5) is 2.27. The normalized spacial score (nSPS) is 9.77. The Kier molecular flexibility index (Phi) is 3.62. The molecule has 0 amide bonds. The van der Waals surface area contributed by atoms with Crippen molar-refractivity contribution >= 4 is 5.69 Å². The number of anilines is 1. The van der Waals surface area contributed by atoms with Gasteiger partial charge < -0.3 is 9.64 Å². The molecule has 0 N–H and O–H groups in total. The van der Waals surface area contributed by atoms with E-state index in [9.17, 15) is 0 Å². The van der Waals surface area contributed by atoms with Crippen molar-refractivity contribution < 1.29 is 4.74 Å². The van der Waals surface area contributed by atoms with E-state index in [0.717, 1.165) is 18.8 Å². The highest BCUT2D eigenvalue weighted by atomic mass is 16.5. The highest BCUT2D eigenvalue weighted by Crippen LogP contribution is 2.19. The number of nitrogens with zero attached hydrogens (tertiary/aromatic N) is 1. The zero-order valence-electron chi connectivity index (χ0n) is 8.50. The molecule has 0 aliphatic rings. The van der Waals surface area contributed by atoms with E-state index in [1.807, 2.05) is 12.1 Å². The Hall–Kier alpha value is -1.18. The molecule has 1 rings (SSSR count). The minimum atomic E-state index is 0.796. The first-order chi connectivity index (χ1) is 6.31. The Bertz CT molecular complexity index is 256. The lowest BCUT2D eigenvalue weighted by Gasteiger charge is -2.21. The van der Waals surface area contributed by atoms with Crippen LogP contribution in [-0.4, -0.2) is 20.2 Å². The molecule has 0 aromatic heterocycles. The second-order valence-corrected chi connectivity index (χ2v) is 2.79. The molecule has 0 saturated heterocycles. The number of benzene rings is 1. The van der Waals surface area contributed by atoms with Crippen molar-refractivity contribution in [2.45, 2.75) is 13.8 Å². The topological polar surface area (TPSA) is 12.5 Å². The molecule has 1 aromatic carbocycles. The highest BCUT2D eigenvalue weighted by molar-refractivity contribution is 5.50. The molecule has 2 nitrogen and oxygen atoms in total. The number of hydrogen-bond donors (Lipinski definition) is 0. The average Bonchev–Trinajstić information content (AvgIpc) is 2.20. The first-order valence-electron chi connectivity index (χ1n) is 4.62. The van der Waals surface area contributed by atoms with Crippen molar-refractivity contribution in [3.8, 4) is 5.75 Å². The maximum atomic E-state index is 5.11. The summed E-state index contributed by atoms with van der Waals surface area (Å²) in [5.41, 5.74) is 1.20. The van der Waals surface area contributed by atoms with Crippen molar-refractivity contribution in [3.05, 3.63) is 24.3 Å². The average molecular weight is 178 g/mol. The standard InChI is InChI=1S/C11H16NO/c1-4-12(5-2)10-7-6-8-11(9-10)13-3/h6-7,9H,4-5H2,1-3H3. The Balaban J connectivity index is 2.86. The Morgan fingerprint density at radius 3 is 2.62 bits per heavy atom. The Labute approximate surface area is 80.1 Å². The van der Waals surface area contributed by atoms with E-state index in [2.05, 4.69) is 30.9 Å². The fourth-order valence-electron chi connectivity index (χ4n) is 1.34. The molecule has 0 aliphatic carbocycles. The summed E-state index contributed by atoms with van der Waals surface area (Å²) in [7, 11) is 1.66. The van der Waals surface area contributed by atoms with Crippen LogP contribution < -0.4 is 9.64 Å². The first kappa shape index (κ1) is 9.90. The zero-order valence-corrected chi connectivity index (χ0v) is 8.50. The van der Waals surface area contributed by atoms with E-state index in [4.69, 9.17) is 4.74 Å². The minimum absolute atomic E-state index is 0.796. The summed E-state index contributed by atoms with van der Waals surface area (Å²) in [6.45, 7) is 6.33. The molecule has 0 fully saturated rings. The molecule has 0 bridgehead atoms. The Morgan fingerprint density at radius 1 is 1.38 bits per heavy atom.